The van der Waals surface area contributed by atoms with E-state index in [2.05, 4.69) is 10.4 Å². The van der Waals surface area contributed by atoms with E-state index in [1.165, 1.54) is 4.68 Å². The van der Waals surface area contributed by atoms with Gasteiger partial charge in [0.2, 0.25) is 5.91 Å². The predicted molar refractivity (Wildman–Crippen MR) is 123 cm³/mol. The molecule has 0 bridgehead atoms. The molecule has 0 unspecified atom stereocenters. The summed E-state index contributed by atoms with van der Waals surface area (Å²) >= 11 is 0. The van der Waals surface area contributed by atoms with Gasteiger partial charge in [-0.15, -0.1) is 0 Å². The molecule has 3 rings (SSSR count). The van der Waals surface area contributed by atoms with Crippen LogP contribution >= 0.6 is 0 Å². The number of nitrogens with one attached hydrogen (secondary N) is 1. The van der Waals surface area contributed by atoms with Crippen molar-refractivity contribution in [1.29, 1.82) is 0 Å². The van der Waals surface area contributed by atoms with Gasteiger partial charge in [-0.3, -0.25) is 13.8 Å². The summed E-state index contributed by atoms with van der Waals surface area (Å²) in [6, 6.07) is 12.8. The second kappa shape index (κ2) is 8.55. The van der Waals surface area contributed by atoms with E-state index >= 15 is 0 Å². The molecular weight excluding hydrogens is 412 g/mol. The van der Waals surface area contributed by atoms with Gasteiger partial charge >= 0.3 is 0 Å². The van der Waals surface area contributed by atoms with Gasteiger partial charge in [-0.05, 0) is 70.0 Å². The van der Waals surface area contributed by atoms with Gasteiger partial charge in [0.1, 0.15) is 11.4 Å². The van der Waals surface area contributed by atoms with Crippen LogP contribution in [-0.2, 0) is 21.9 Å². The Kier molecular flexibility index (Phi) is 6.22. The Hall–Kier alpha value is -3.13. The zero-order valence-electron chi connectivity index (χ0n) is 18.7. The summed E-state index contributed by atoms with van der Waals surface area (Å²) in [6.45, 7) is 8.81. The fourth-order valence-corrected chi connectivity index (χ4v) is 5.47. The van der Waals surface area contributed by atoms with Crippen LogP contribution in [-0.4, -0.2) is 30.7 Å². The van der Waals surface area contributed by atoms with Gasteiger partial charge in [-0.1, -0.05) is 23.8 Å². The molecule has 0 saturated heterocycles. The van der Waals surface area contributed by atoms with Crippen molar-refractivity contribution in [3.63, 3.8) is 0 Å². The maximum Gasteiger partial charge on any atom is 0.268 e. The monoisotopic (exact) mass is 440 g/mol. The smallest absolute Gasteiger partial charge is 0.268 e. The van der Waals surface area contributed by atoms with E-state index in [1.807, 2.05) is 51.1 Å². The third-order valence-electron chi connectivity index (χ3n) is 5.11. The highest BCUT2D eigenvalue weighted by atomic mass is 32.2. The molecule has 164 valence electrons. The Balaban J connectivity index is 2.00. The summed E-state index contributed by atoms with van der Waals surface area (Å²) in [5.41, 5.74) is 4.99. The first kappa shape index (κ1) is 22.6. The second-order valence-corrected chi connectivity index (χ2v) is 9.69. The average molecular weight is 441 g/mol. The Morgan fingerprint density at radius 2 is 1.55 bits per heavy atom. The summed E-state index contributed by atoms with van der Waals surface area (Å²) in [5.74, 6) is -0.423. The van der Waals surface area contributed by atoms with Gasteiger partial charge in [0.25, 0.3) is 10.0 Å². The Labute approximate surface area is 183 Å². The number of hydrogen-bond acceptors (Lipinski definition) is 4. The molecule has 0 aliphatic heterocycles. The van der Waals surface area contributed by atoms with Crippen LogP contribution in [0.3, 0.4) is 0 Å². The van der Waals surface area contributed by atoms with E-state index < -0.39 is 15.9 Å². The quantitative estimate of drug-likeness (QED) is 0.632. The molecule has 0 aliphatic carbocycles. The van der Waals surface area contributed by atoms with Gasteiger partial charge in [-0.25, -0.2) is 8.42 Å². The molecule has 2 aromatic carbocycles. The minimum absolute atomic E-state index is 0.120. The number of aromatic nitrogens is 2. The number of sulfonamides is 1. The van der Waals surface area contributed by atoms with Gasteiger partial charge in [0.15, 0.2) is 0 Å². The molecular formula is C23H28N4O3S. The van der Waals surface area contributed by atoms with E-state index in [9.17, 15) is 13.2 Å². The molecule has 7 nitrogen and oxygen atoms in total. The lowest BCUT2D eigenvalue weighted by Gasteiger charge is -2.24. The molecule has 0 fully saturated rings. The lowest BCUT2D eigenvalue weighted by Crippen LogP contribution is -2.38. The van der Waals surface area contributed by atoms with Crippen LogP contribution < -0.4 is 9.62 Å². The number of aryl methyl sites for hydroxylation is 5. The predicted octanol–water partition coefficient (Wildman–Crippen LogP) is 3.80. The standard InChI is InChI=1S/C23H28N4O3S/c1-15-7-9-21(10-8-15)27(31(29,30)23-18(4)25-26(6)19(23)5)14-22(28)24-20-12-16(2)11-17(3)13-20/h7-13H,14H2,1-6H3,(H,24,28). The summed E-state index contributed by atoms with van der Waals surface area (Å²) in [7, 11) is -2.32. The number of hydrogen-bond donors (Lipinski definition) is 1. The van der Waals surface area contributed by atoms with Crippen LogP contribution in [0.5, 0.6) is 0 Å². The van der Waals surface area contributed by atoms with Gasteiger partial charge in [0.05, 0.1) is 17.1 Å². The number of benzene rings is 2. The molecule has 0 spiro atoms. The molecule has 8 heteroatoms. The van der Waals surface area contributed by atoms with Crippen LogP contribution in [0.4, 0.5) is 11.4 Å². The van der Waals surface area contributed by atoms with Crippen LogP contribution in [0.1, 0.15) is 28.1 Å². The highest BCUT2D eigenvalue weighted by Crippen LogP contribution is 2.28. The first-order valence-corrected chi connectivity index (χ1v) is 11.4. The SMILES string of the molecule is Cc1ccc(N(CC(=O)Nc2cc(C)cc(C)c2)S(=O)(=O)c2c(C)nn(C)c2C)cc1. The van der Waals surface area contributed by atoms with E-state index in [1.54, 1.807) is 33.0 Å². The van der Waals surface area contributed by atoms with Crippen molar-refractivity contribution in [1.82, 2.24) is 9.78 Å². The van der Waals surface area contributed by atoms with Crippen molar-refractivity contribution in [2.24, 2.45) is 7.05 Å². The zero-order valence-corrected chi connectivity index (χ0v) is 19.5. The zero-order chi connectivity index (χ0) is 22.9. The van der Waals surface area contributed by atoms with E-state index in [0.717, 1.165) is 21.0 Å². The summed E-state index contributed by atoms with van der Waals surface area (Å²) < 4.78 is 30.0. The van der Waals surface area contributed by atoms with Crippen molar-refractivity contribution in [2.45, 2.75) is 39.5 Å². The molecule has 1 aromatic heterocycles. The highest BCUT2D eigenvalue weighted by Gasteiger charge is 2.32. The average Bonchev–Trinajstić information content (AvgIpc) is 2.92. The van der Waals surface area contributed by atoms with Gasteiger partial charge in [0, 0.05) is 12.7 Å². The largest absolute Gasteiger partial charge is 0.324 e. The number of carbonyl (C=O) groups is 1. The lowest BCUT2D eigenvalue weighted by molar-refractivity contribution is -0.114. The maximum absolute atomic E-state index is 13.7. The third-order valence-corrected chi connectivity index (χ3v) is 7.13. The number of nitrogens with zero attached hydrogens (tertiary/aromatic N) is 3. The summed E-state index contributed by atoms with van der Waals surface area (Å²) in [5, 5.41) is 7.07. The van der Waals surface area contributed by atoms with Crippen molar-refractivity contribution in [3.8, 4) is 0 Å². The Morgan fingerprint density at radius 3 is 2.06 bits per heavy atom. The van der Waals surface area contributed by atoms with E-state index in [-0.39, 0.29) is 11.4 Å². The Morgan fingerprint density at radius 1 is 0.968 bits per heavy atom. The van der Waals surface area contributed by atoms with Crippen LogP contribution in [0, 0.1) is 34.6 Å². The molecule has 1 N–H and O–H groups in total. The minimum atomic E-state index is -4.02. The molecule has 0 atom stereocenters. The van der Waals surface area contributed by atoms with Crippen molar-refractivity contribution >= 4 is 27.3 Å². The van der Waals surface area contributed by atoms with Crippen LogP contribution in [0.2, 0.25) is 0 Å². The fraction of sp³-hybridized carbons (Fsp3) is 0.304. The third kappa shape index (κ3) is 4.80. The van der Waals surface area contributed by atoms with Gasteiger partial charge < -0.3 is 5.32 Å². The molecule has 3 aromatic rings. The number of amides is 1. The van der Waals surface area contributed by atoms with Crippen molar-refractivity contribution in [3.05, 3.63) is 70.5 Å². The lowest BCUT2D eigenvalue weighted by atomic mass is 10.1. The van der Waals surface area contributed by atoms with Gasteiger partial charge in [-0.2, -0.15) is 5.10 Å². The summed E-state index contributed by atoms with van der Waals surface area (Å²) in [4.78, 5) is 13.0. The van der Waals surface area contributed by atoms with Crippen LogP contribution in [0.15, 0.2) is 47.4 Å². The fourth-order valence-electron chi connectivity index (χ4n) is 3.64. The molecule has 1 heterocycles. The molecule has 0 radical (unpaired) electrons. The first-order chi connectivity index (χ1) is 14.5. The highest BCUT2D eigenvalue weighted by molar-refractivity contribution is 7.93. The molecule has 0 saturated carbocycles. The number of carbonyl (C=O) groups excluding carboxylic acids is 1. The second-order valence-electron chi connectivity index (χ2n) is 7.90. The van der Waals surface area contributed by atoms with Crippen LogP contribution in [0.25, 0.3) is 0 Å². The first-order valence-electron chi connectivity index (χ1n) is 9.97. The minimum Gasteiger partial charge on any atom is -0.324 e. The van der Waals surface area contributed by atoms with Crippen molar-refractivity contribution < 1.29 is 13.2 Å². The topological polar surface area (TPSA) is 84.3 Å². The number of rotatable bonds is 6. The van der Waals surface area contributed by atoms with E-state index in [0.29, 0.717) is 22.8 Å². The molecule has 0 aliphatic rings. The summed E-state index contributed by atoms with van der Waals surface area (Å²) in [6.07, 6.45) is 0. The normalized spacial score (nSPS) is 11.4. The Bertz CT molecular complexity index is 1210. The molecule has 1 amide bonds. The van der Waals surface area contributed by atoms with Crippen molar-refractivity contribution in [2.75, 3.05) is 16.2 Å². The molecule has 31 heavy (non-hydrogen) atoms. The number of anilines is 2. The van der Waals surface area contributed by atoms with E-state index in [4.69, 9.17) is 0 Å². The maximum atomic E-state index is 13.7.